The second-order valence-electron chi connectivity index (χ2n) is 2.53. The molecule has 0 aliphatic heterocycles. The first-order chi connectivity index (χ1) is 7.72. The van der Waals surface area contributed by atoms with Crippen molar-refractivity contribution in [1.29, 1.82) is 0 Å². The Balaban J connectivity index is 0. The molecule has 0 atom stereocenters. The lowest BCUT2D eigenvalue weighted by atomic mass is 10.3. The summed E-state index contributed by atoms with van der Waals surface area (Å²) in [5.74, 6) is 2.62. The molecule has 3 N–H and O–H groups in total. The topological polar surface area (TPSA) is 78.8 Å². The highest BCUT2D eigenvalue weighted by atomic mass is 127. The Hall–Kier alpha value is -0.520. The molecule has 0 aliphatic carbocycles. The van der Waals surface area contributed by atoms with Gasteiger partial charge in [0.05, 0.1) is 17.6 Å². The Morgan fingerprint density at radius 1 is 1.44 bits per heavy atom. The van der Waals surface area contributed by atoms with Gasteiger partial charge < -0.3 is 20.3 Å². The molecule has 1 amide bonds. The summed E-state index contributed by atoms with van der Waals surface area (Å²) < 4.78 is 5.18. The van der Waals surface area contributed by atoms with E-state index in [9.17, 15) is 4.79 Å². The van der Waals surface area contributed by atoms with E-state index in [0.717, 1.165) is 12.8 Å². The van der Waals surface area contributed by atoms with Crippen LogP contribution in [0.25, 0.3) is 0 Å². The normalized spacial score (nSPS) is 8.00. The quantitative estimate of drug-likeness (QED) is 0.307. The standard InChI is InChI=1S/C8H12INO2.C2H6O2/c1-2-3-6-10-8(11)12-7-4-5-9;3-1-2-4/h2-3,5-6H2,1H3,(H,10,11);3-4H,1-2H2. The maximum Gasteiger partial charge on any atom is 0.421 e. The third-order valence-electron chi connectivity index (χ3n) is 1.18. The molecule has 94 valence electrons. The van der Waals surface area contributed by atoms with E-state index in [1.807, 2.05) is 0 Å². The van der Waals surface area contributed by atoms with Crippen molar-refractivity contribution in [3.63, 3.8) is 0 Å². The predicted octanol–water partition coefficient (Wildman–Crippen LogP) is 0.880. The van der Waals surface area contributed by atoms with Crippen molar-refractivity contribution in [3.8, 4) is 12.0 Å². The second-order valence-corrected chi connectivity index (χ2v) is 3.29. The largest absolute Gasteiger partial charge is 0.421 e. The Labute approximate surface area is 110 Å². The number of halogens is 1. The molecule has 6 heteroatoms. The first kappa shape index (κ1) is 17.9. The number of alkyl halides is 1. The van der Waals surface area contributed by atoms with Crippen molar-refractivity contribution in [2.45, 2.75) is 19.8 Å². The zero-order valence-electron chi connectivity index (χ0n) is 9.33. The summed E-state index contributed by atoms with van der Waals surface area (Å²) in [5.41, 5.74) is 0. The molecule has 0 spiro atoms. The van der Waals surface area contributed by atoms with Crippen LogP contribution in [0.4, 0.5) is 4.79 Å². The average molecular weight is 343 g/mol. The first-order valence-corrected chi connectivity index (χ1v) is 6.45. The minimum Gasteiger partial charge on any atom is -0.394 e. The number of aliphatic hydroxyl groups is 2. The van der Waals surface area contributed by atoms with E-state index in [4.69, 9.17) is 10.2 Å². The second kappa shape index (κ2) is 16.9. The summed E-state index contributed by atoms with van der Waals surface area (Å²) in [4.78, 5) is 10.8. The van der Waals surface area contributed by atoms with Crippen molar-refractivity contribution in [2.24, 2.45) is 0 Å². The lowest BCUT2D eigenvalue weighted by Crippen LogP contribution is -2.23. The van der Waals surface area contributed by atoms with Gasteiger partial charge in [-0.1, -0.05) is 35.9 Å². The van der Waals surface area contributed by atoms with E-state index < -0.39 is 6.09 Å². The van der Waals surface area contributed by atoms with Crippen LogP contribution in [0.1, 0.15) is 19.8 Å². The Kier molecular flexibility index (Phi) is 18.9. The average Bonchev–Trinajstić information content (AvgIpc) is 2.30. The highest BCUT2D eigenvalue weighted by Crippen LogP contribution is 1.83. The molecule has 5 nitrogen and oxygen atoms in total. The van der Waals surface area contributed by atoms with Gasteiger partial charge in [0.15, 0.2) is 0 Å². The van der Waals surface area contributed by atoms with Gasteiger partial charge in [-0.2, -0.15) is 0 Å². The van der Waals surface area contributed by atoms with Crippen LogP contribution in [-0.4, -0.2) is 40.5 Å². The molecule has 0 bridgehead atoms. The number of hydrogen-bond acceptors (Lipinski definition) is 4. The fourth-order valence-corrected chi connectivity index (χ4v) is 0.669. The number of nitrogens with one attached hydrogen (secondary N) is 1. The molecule has 0 fully saturated rings. The summed E-state index contributed by atoms with van der Waals surface area (Å²) in [7, 11) is 0. The number of amides is 1. The summed E-state index contributed by atoms with van der Waals surface area (Å²) >= 11 is 2.08. The Morgan fingerprint density at radius 2 is 2.06 bits per heavy atom. The van der Waals surface area contributed by atoms with Gasteiger partial charge in [-0.05, 0) is 12.3 Å². The van der Waals surface area contributed by atoms with Crippen molar-refractivity contribution >= 4 is 28.7 Å². The SMILES string of the molecule is CCCCNC(=O)OC#CCI.OCCO. The van der Waals surface area contributed by atoms with Gasteiger partial charge >= 0.3 is 6.09 Å². The van der Waals surface area contributed by atoms with Crippen LogP contribution in [0.2, 0.25) is 0 Å². The zero-order chi connectivity index (χ0) is 12.6. The van der Waals surface area contributed by atoms with Gasteiger partial charge in [0.2, 0.25) is 0 Å². The number of aliphatic hydroxyl groups excluding tert-OH is 2. The minimum atomic E-state index is -0.458. The maximum atomic E-state index is 10.8. The van der Waals surface area contributed by atoms with Gasteiger partial charge in [-0.25, -0.2) is 4.79 Å². The van der Waals surface area contributed by atoms with E-state index in [2.05, 4.69) is 51.6 Å². The number of hydrogen-bond donors (Lipinski definition) is 3. The van der Waals surface area contributed by atoms with Gasteiger partial charge in [-0.15, -0.1) is 0 Å². The van der Waals surface area contributed by atoms with E-state index >= 15 is 0 Å². The number of carbonyl (C=O) groups excluding carboxylic acids is 1. The minimum absolute atomic E-state index is 0.125. The number of ether oxygens (including phenoxy) is 1. The number of carbonyl (C=O) groups is 1. The molecule has 0 aromatic carbocycles. The highest BCUT2D eigenvalue weighted by Gasteiger charge is 1.96. The van der Waals surface area contributed by atoms with Crippen molar-refractivity contribution in [3.05, 3.63) is 0 Å². The molecular weight excluding hydrogens is 325 g/mol. The van der Waals surface area contributed by atoms with E-state index in [1.54, 1.807) is 0 Å². The molecule has 0 heterocycles. The van der Waals surface area contributed by atoms with Crippen molar-refractivity contribution in [2.75, 3.05) is 24.2 Å². The first-order valence-electron chi connectivity index (χ1n) is 4.93. The van der Waals surface area contributed by atoms with Crippen LogP contribution < -0.4 is 5.32 Å². The van der Waals surface area contributed by atoms with Crippen LogP contribution >= 0.6 is 22.6 Å². The van der Waals surface area contributed by atoms with Crippen LogP contribution in [0.15, 0.2) is 0 Å². The molecule has 0 unspecified atom stereocenters. The molecule has 0 aromatic heterocycles. The molecular formula is C10H18INO4. The van der Waals surface area contributed by atoms with Crippen LogP contribution in [0.5, 0.6) is 0 Å². The predicted molar refractivity (Wildman–Crippen MR) is 70.2 cm³/mol. The fraction of sp³-hybridized carbons (Fsp3) is 0.700. The molecule has 0 radical (unpaired) electrons. The third kappa shape index (κ3) is 19.1. The van der Waals surface area contributed by atoms with Gasteiger partial charge in [-0.3, -0.25) is 0 Å². The molecule has 16 heavy (non-hydrogen) atoms. The zero-order valence-corrected chi connectivity index (χ0v) is 11.5. The molecule has 0 rings (SSSR count). The number of unbranched alkanes of at least 4 members (excludes halogenated alkanes) is 1. The lowest BCUT2D eigenvalue weighted by Gasteiger charge is -1.98. The van der Waals surface area contributed by atoms with Crippen molar-refractivity contribution < 1.29 is 19.7 Å². The summed E-state index contributed by atoms with van der Waals surface area (Å²) in [5, 5.41) is 17.8. The van der Waals surface area contributed by atoms with E-state index in [0.29, 0.717) is 11.0 Å². The summed E-state index contributed by atoms with van der Waals surface area (Å²) in [6, 6.07) is 0. The number of alkyl carbamates (subject to hydrolysis) is 1. The summed E-state index contributed by atoms with van der Waals surface area (Å²) in [6.45, 7) is 2.46. The maximum absolute atomic E-state index is 10.8. The van der Waals surface area contributed by atoms with Gasteiger partial charge in [0.1, 0.15) is 6.11 Å². The monoisotopic (exact) mass is 343 g/mol. The van der Waals surface area contributed by atoms with E-state index in [1.165, 1.54) is 0 Å². The van der Waals surface area contributed by atoms with Crippen LogP contribution in [0.3, 0.4) is 0 Å². The smallest absolute Gasteiger partial charge is 0.394 e. The lowest BCUT2D eigenvalue weighted by molar-refractivity contribution is 0.186. The third-order valence-corrected chi connectivity index (χ3v) is 1.56. The van der Waals surface area contributed by atoms with Crippen LogP contribution in [-0.2, 0) is 4.74 Å². The molecule has 0 aliphatic rings. The summed E-state index contributed by atoms with van der Waals surface area (Å²) in [6.07, 6.45) is 3.86. The van der Waals surface area contributed by atoms with Gasteiger partial charge in [0.25, 0.3) is 0 Å². The van der Waals surface area contributed by atoms with E-state index in [-0.39, 0.29) is 13.2 Å². The molecule has 0 aromatic rings. The Morgan fingerprint density at radius 3 is 2.50 bits per heavy atom. The van der Waals surface area contributed by atoms with Crippen molar-refractivity contribution in [1.82, 2.24) is 5.32 Å². The molecule has 0 saturated heterocycles. The molecule has 0 saturated carbocycles. The number of rotatable bonds is 4. The van der Waals surface area contributed by atoms with Gasteiger partial charge in [0, 0.05) is 6.54 Å². The van der Waals surface area contributed by atoms with Crippen LogP contribution in [0, 0.1) is 12.0 Å². The fourth-order valence-electron chi connectivity index (χ4n) is 0.513. The highest BCUT2D eigenvalue weighted by molar-refractivity contribution is 14.1. The Bertz CT molecular complexity index is 211.